The van der Waals surface area contributed by atoms with Gasteiger partial charge in [0.2, 0.25) is 0 Å². The fourth-order valence-corrected chi connectivity index (χ4v) is 3.64. The van der Waals surface area contributed by atoms with E-state index in [1.165, 1.54) is 0 Å². The van der Waals surface area contributed by atoms with Gasteiger partial charge in [-0.15, -0.1) is 0 Å². The Morgan fingerprint density at radius 1 is 1.48 bits per heavy atom. The van der Waals surface area contributed by atoms with Crippen LogP contribution in [0.3, 0.4) is 0 Å². The number of piperidine rings is 1. The van der Waals surface area contributed by atoms with E-state index >= 15 is 0 Å². The summed E-state index contributed by atoms with van der Waals surface area (Å²) in [6.45, 7) is 4.77. The van der Waals surface area contributed by atoms with Gasteiger partial charge in [0, 0.05) is 25.1 Å². The highest BCUT2D eigenvalue weighted by Crippen LogP contribution is 2.36. The van der Waals surface area contributed by atoms with E-state index in [4.69, 9.17) is 14.2 Å². The molecule has 2 aliphatic rings. The molecule has 1 aromatic carbocycles. The van der Waals surface area contributed by atoms with Crippen molar-refractivity contribution in [2.45, 2.75) is 37.9 Å². The Bertz CT molecular complexity index is 562. The summed E-state index contributed by atoms with van der Waals surface area (Å²) in [6, 6.07) is 7.33. The van der Waals surface area contributed by atoms with Crippen molar-refractivity contribution in [1.82, 2.24) is 4.90 Å². The molecule has 0 aromatic heterocycles. The third-order valence-corrected chi connectivity index (χ3v) is 4.72. The lowest BCUT2D eigenvalue weighted by molar-refractivity contribution is -0.0462. The summed E-state index contributed by atoms with van der Waals surface area (Å²) in [5.74, 6) is 0.752. The van der Waals surface area contributed by atoms with Crippen LogP contribution in [0.25, 0.3) is 0 Å². The van der Waals surface area contributed by atoms with Gasteiger partial charge in [-0.05, 0) is 38.0 Å². The van der Waals surface area contributed by atoms with Gasteiger partial charge in [-0.1, -0.05) is 6.07 Å². The number of rotatable bonds is 4. The van der Waals surface area contributed by atoms with Gasteiger partial charge >= 0.3 is 0 Å². The maximum atomic E-state index is 12.8. The van der Waals surface area contributed by atoms with Crippen molar-refractivity contribution in [3.63, 3.8) is 0 Å². The normalized spacial score (nSPS) is 27.4. The predicted molar refractivity (Wildman–Crippen MR) is 86.8 cm³/mol. The molecular weight excluding hydrogens is 294 g/mol. The van der Waals surface area contributed by atoms with Crippen molar-refractivity contribution in [3.8, 4) is 5.75 Å². The number of hydrogen-bond donors (Lipinski definition) is 0. The summed E-state index contributed by atoms with van der Waals surface area (Å²) in [4.78, 5) is 14.7. The number of benzene rings is 1. The first-order chi connectivity index (χ1) is 11.2. The monoisotopic (exact) mass is 319 g/mol. The van der Waals surface area contributed by atoms with Gasteiger partial charge in [0.1, 0.15) is 5.75 Å². The molecule has 2 heterocycles. The first-order valence-corrected chi connectivity index (χ1v) is 8.35. The molecule has 0 aliphatic carbocycles. The fraction of sp³-hybridized carbons (Fsp3) is 0.611. The average Bonchev–Trinajstić information content (AvgIpc) is 2.96. The van der Waals surface area contributed by atoms with E-state index < -0.39 is 0 Å². The molecule has 23 heavy (non-hydrogen) atoms. The second kappa shape index (κ2) is 6.89. The summed E-state index contributed by atoms with van der Waals surface area (Å²) >= 11 is 0. The van der Waals surface area contributed by atoms with E-state index in [9.17, 15) is 4.79 Å². The lowest BCUT2D eigenvalue weighted by atomic mass is 9.89. The number of likely N-dealkylation sites (tertiary alicyclic amines) is 1. The smallest absolute Gasteiger partial charge is 0.254 e. The number of carbonyl (C=O) groups excluding carboxylic acids is 1. The van der Waals surface area contributed by atoms with Gasteiger partial charge in [0.15, 0.2) is 0 Å². The fourth-order valence-electron chi connectivity index (χ4n) is 3.64. The van der Waals surface area contributed by atoms with Crippen LogP contribution in [0, 0.1) is 0 Å². The van der Waals surface area contributed by atoms with E-state index in [2.05, 4.69) is 0 Å². The zero-order valence-corrected chi connectivity index (χ0v) is 13.9. The summed E-state index contributed by atoms with van der Waals surface area (Å²) in [5, 5.41) is 0. The van der Waals surface area contributed by atoms with Crippen LogP contribution in [0.15, 0.2) is 24.3 Å². The van der Waals surface area contributed by atoms with Gasteiger partial charge in [0.05, 0.1) is 32.0 Å². The molecule has 2 aliphatic heterocycles. The Labute approximate surface area is 137 Å². The minimum atomic E-state index is -0.230. The van der Waals surface area contributed by atoms with Gasteiger partial charge in [-0.25, -0.2) is 0 Å². The van der Waals surface area contributed by atoms with Crippen molar-refractivity contribution in [2.75, 3.05) is 33.4 Å². The topological polar surface area (TPSA) is 48.0 Å². The summed E-state index contributed by atoms with van der Waals surface area (Å²) < 4.78 is 17.0. The van der Waals surface area contributed by atoms with E-state index in [0.717, 1.165) is 25.8 Å². The van der Waals surface area contributed by atoms with Crippen LogP contribution in [-0.4, -0.2) is 55.9 Å². The molecule has 0 bridgehead atoms. The number of methoxy groups -OCH3 is 1. The number of amides is 1. The highest BCUT2D eigenvalue weighted by molar-refractivity contribution is 5.94. The van der Waals surface area contributed by atoms with Crippen LogP contribution in [-0.2, 0) is 9.47 Å². The number of carbonyl (C=O) groups is 1. The lowest BCUT2D eigenvalue weighted by Gasteiger charge is -2.39. The summed E-state index contributed by atoms with van der Waals surface area (Å²) in [5.41, 5.74) is 0.438. The van der Waals surface area contributed by atoms with Crippen molar-refractivity contribution < 1.29 is 19.0 Å². The molecule has 3 rings (SSSR count). The molecule has 2 atom stereocenters. The van der Waals surface area contributed by atoms with Crippen LogP contribution in [0.4, 0.5) is 0 Å². The molecule has 0 N–H and O–H groups in total. The highest BCUT2D eigenvalue weighted by Gasteiger charge is 2.44. The Balaban J connectivity index is 1.69. The third kappa shape index (κ3) is 3.51. The van der Waals surface area contributed by atoms with Crippen LogP contribution in [0.5, 0.6) is 5.75 Å². The van der Waals surface area contributed by atoms with Crippen LogP contribution in [0.1, 0.15) is 36.5 Å². The first kappa shape index (κ1) is 16.3. The highest BCUT2D eigenvalue weighted by atomic mass is 16.6. The molecule has 1 aromatic rings. The zero-order valence-electron chi connectivity index (χ0n) is 13.9. The van der Waals surface area contributed by atoms with Gasteiger partial charge in [0.25, 0.3) is 5.91 Å². The maximum Gasteiger partial charge on any atom is 0.254 e. The molecule has 5 heteroatoms. The average molecular weight is 319 g/mol. The second-order valence-corrected chi connectivity index (χ2v) is 6.34. The van der Waals surface area contributed by atoms with E-state index in [1.54, 1.807) is 13.2 Å². The molecule has 0 radical (unpaired) electrons. The van der Waals surface area contributed by atoms with E-state index in [0.29, 0.717) is 31.1 Å². The molecule has 0 unspecified atom stereocenters. The Hall–Kier alpha value is -1.59. The zero-order chi connectivity index (χ0) is 16.3. The maximum absolute atomic E-state index is 12.8. The molecule has 1 amide bonds. The summed E-state index contributed by atoms with van der Waals surface area (Å²) in [7, 11) is 1.61. The van der Waals surface area contributed by atoms with Crippen LogP contribution in [0.2, 0.25) is 0 Å². The molecule has 2 saturated heterocycles. The first-order valence-electron chi connectivity index (χ1n) is 8.35. The van der Waals surface area contributed by atoms with Crippen LogP contribution >= 0.6 is 0 Å². The number of ether oxygens (including phenoxy) is 3. The number of hydrogen-bond acceptors (Lipinski definition) is 4. The SMILES string of the molecule is CCO[C@H]1CO[C@@]2(CCCN(C(=O)c3cccc(OC)c3)C2)C1. The van der Waals surface area contributed by atoms with Gasteiger partial charge in [-0.2, -0.15) is 0 Å². The Morgan fingerprint density at radius 3 is 3.13 bits per heavy atom. The second-order valence-electron chi connectivity index (χ2n) is 6.34. The van der Waals surface area contributed by atoms with Crippen molar-refractivity contribution in [3.05, 3.63) is 29.8 Å². The van der Waals surface area contributed by atoms with Crippen molar-refractivity contribution in [1.29, 1.82) is 0 Å². The molecular formula is C18H25NO4. The van der Waals surface area contributed by atoms with Crippen LogP contribution < -0.4 is 4.74 Å². The largest absolute Gasteiger partial charge is 0.497 e. The molecule has 5 nitrogen and oxygen atoms in total. The standard InChI is InChI=1S/C18H25NO4/c1-3-22-16-11-18(23-12-16)8-5-9-19(13-18)17(20)14-6-4-7-15(10-14)21-2/h4,6-7,10,16H,3,5,8-9,11-13H2,1-2H3/t16-,18+/m1/s1. The predicted octanol–water partition coefficient (Wildman–Crippen LogP) is 2.50. The van der Waals surface area contributed by atoms with E-state index in [-0.39, 0.29) is 17.6 Å². The minimum Gasteiger partial charge on any atom is -0.497 e. The Kier molecular flexibility index (Phi) is 4.87. The quantitative estimate of drug-likeness (QED) is 0.855. The number of nitrogens with zero attached hydrogens (tertiary/aromatic N) is 1. The molecule has 126 valence electrons. The summed E-state index contributed by atoms with van der Waals surface area (Å²) in [6.07, 6.45) is 3.00. The third-order valence-electron chi connectivity index (χ3n) is 4.72. The van der Waals surface area contributed by atoms with Gasteiger partial charge < -0.3 is 19.1 Å². The molecule has 0 saturated carbocycles. The molecule has 2 fully saturated rings. The van der Waals surface area contributed by atoms with E-state index in [1.807, 2.05) is 30.0 Å². The minimum absolute atomic E-state index is 0.0476. The van der Waals surface area contributed by atoms with Crippen molar-refractivity contribution in [2.24, 2.45) is 0 Å². The van der Waals surface area contributed by atoms with Crippen molar-refractivity contribution >= 4 is 5.91 Å². The Morgan fingerprint density at radius 2 is 2.35 bits per heavy atom. The lowest BCUT2D eigenvalue weighted by Crippen LogP contribution is -2.50. The molecule has 1 spiro atoms. The van der Waals surface area contributed by atoms with Gasteiger partial charge in [-0.3, -0.25) is 4.79 Å².